The summed E-state index contributed by atoms with van der Waals surface area (Å²) in [7, 11) is 4.73. The number of carbonyl (C=O) groups excluding carboxylic acids is 1. The van der Waals surface area contributed by atoms with Gasteiger partial charge in [-0.25, -0.2) is 4.79 Å². The van der Waals surface area contributed by atoms with Crippen LogP contribution in [0.4, 0.5) is 4.79 Å². The van der Waals surface area contributed by atoms with Gasteiger partial charge in [0, 0.05) is 20.1 Å². The quantitative estimate of drug-likeness (QED) is 0.757. The van der Waals surface area contributed by atoms with Crippen LogP contribution in [0.1, 0.15) is 12.0 Å². The standard InChI is InChI=1S/C15H22N2O5/c1-17(9-7-14(18)19)15(20)16-8-6-11-10-12(21-2)4-5-13(11)22-3/h4-5,10H,6-9H2,1-3H3,(H,16,20)(H,18,19). The molecule has 1 aromatic rings. The van der Waals surface area contributed by atoms with Crippen molar-refractivity contribution in [3.63, 3.8) is 0 Å². The number of urea groups is 1. The molecular weight excluding hydrogens is 288 g/mol. The zero-order valence-corrected chi connectivity index (χ0v) is 13.1. The Kier molecular flexibility index (Phi) is 7.01. The lowest BCUT2D eigenvalue weighted by atomic mass is 10.1. The van der Waals surface area contributed by atoms with E-state index in [1.54, 1.807) is 27.3 Å². The molecule has 0 atom stereocenters. The summed E-state index contributed by atoms with van der Waals surface area (Å²) < 4.78 is 10.4. The van der Waals surface area contributed by atoms with Crippen molar-refractivity contribution in [2.24, 2.45) is 0 Å². The Morgan fingerprint density at radius 3 is 2.59 bits per heavy atom. The second kappa shape index (κ2) is 8.76. The number of benzene rings is 1. The summed E-state index contributed by atoms with van der Waals surface area (Å²) in [6.45, 7) is 0.587. The third kappa shape index (κ3) is 5.51. The third-order valence-corrected chi connectivity index (χ3v) is 3.17. The van der Waals surface area contributed by atoms with Crippen molar-refractivity contribution >= 4 is 12.0 Å². The summed E-state index contributed by atoms with van der Waals surface area (Å²) in [6.07, 6.45) is 0.506. The summed E-state index contributed by atoms with van der Waals surface area (Å²) in [5.74, 6) is 0.524. The first-order chi connectivity index (χ1) is 10.5. The highest BCUT2D eigenvalue weighted by atomic mass is 16.5. The molecular formula is C15H22N2O5. The Labute approximate surface area is 129 Å². The summed E-state index contributed by atoms with van der Waals surface area (Å²) in [6, 6.07) is 5.18. The van der Waals surface area contributed by atoms with Gasteiger partial charge in [0.25, 0.3) is 0 Å². The highest BCUT2D eigenvalue weighted by Gasteiger charge is 2.10. The smallest absolute Gasteiger partial charge is 0.317 e. The van der Waals surface area contributed by atoms with Crippen LogP contribution in [0.5, 0.6) is 11.5 Å². The molecule has 2 N–H and O–H groups in total. The molecule has 22 heavy (non-hydrogen) atoms. The number of hydrogen-bond acceptors (Lipinski definition) is 4. The lowest BCUT2D eigenvalue weighted by Gasteiger charge is -2.17. The zero-order valence-electron chi connectivity index (χ0n) is 13.1. The molecule has 122 valence electrons. The first kappa shape index (κ1) is 17.6. The van der Waals surface area contributed by atoms with E-state index >= 15 is 0 Å². The molecule has 0 saturated heterocycles. The van der Waals surface area contributed by atoms with E-state index in [1.807, 2.05) is 12.1 Å². The number of nitrogens with one attached hydrogen (secondary N) is 1. The number of methoxy groups -OCH3 is 2. The van der Waals surface area contributed by atoms with E-state index in [0.717, 1.165) is 17.1 Å². The van der Waals surface area contributed by atoms with Crippen LogP contribution in [-0.4, -0.2) is 56.4 Å². The van der Waals surface area contributed by atoms with Gasteiger partial charge in [-0.05, 0) is 30.2 Å². The maximum absolute atomic E-state index is 11.8. The molecule has 0 saturated carbocycles. The van der Waals surface area contributed by atoms with Crippen molar-refractivity contribution in [1.82, 2.24) is 10.2 Å². The summed E-state index contributed by atoms with van der Waals surface area (Å²) >= 11 is 0. The normalized spacial score (nSPS) is 9.95. The molecule has 0 aliphatic heterocycles. The van der Waals surface area contributed by atoms with Crippen LogP contribution in [0.2, 0.25) is 0 Å². The number of carbonyl (C=O) groups is 2. The molecule has 7 nitrogen and oxygen atoms in total. The highest BCUT2D eigenvalue weighted by molar-refractivity contribution is 5.75. The van der Waals surface area contributed by atoms with Gasteiger partial charge in [-0.1, -0.05) is 0 Å². The van der Waals surface area contributed by atoms with E-state index in [4.69, 9.17) is 14.6 Å². The predicted octanol–water partition coefficient (Wildman–Crippen LogP) is 1.36. The van der Waals surface area contributed by atoms with Crippen LogP contribution in [0.25, 0.3) is 0 Å². The van der Waals surface area contributed by atoms with Crippen molar-refractivity contribution in [3.8, 4) is 11.5 Å². The average Bonchev–Trinajstić information content (AvgIpc) is 2.52. The SMILES string of the molecule is COc1ccc(OC)c(CCNC(=O)N(C)CCC(=O)O)c1. The Morgan fingerprint density at radius 1 is 1.27 bits per heavy atom. The molecule has 2 amide bonds. The van der Waals surface area contributed by atoms with E-state index in [0.29, 0.717) is 13.0 Å². The molecule has 0 fully saturated rings. The van der Waals surface area contributed by atoms with Gasteiger partial charge in [0.1, 0.15) is 11.5 Å². The van der Waals surface area contributed by atoms with Crippen molar-refractivity contribution in [2.45, 2.75) is 12.8 Å². The van der Waals surface area contributed by atoms with Gasteiger partial charge in [-0.15, -0.1) is 0 Å². The van der Waals surface area contributed by atoms with Gasteiger partial charge in [-0.3, -0.25) is 4.79 Å². The average molecular weight is 310 g/mol. The number of carboxylic acid groups (broad SMARTS) is 1. The molecule has 0 unspecified atom stereocenters. The van der Waals surface area contributed by atoms with Crippen LogP contribution in [0, 0.1) is 0 Å². The minimum atomic E-state index is -0.930. The minimum Gasteiger partial charge on any atom is -0.497 e. The number of carboxylic acids is 1. The van der Waals surface area contributed by atoms with Gasteiger partial charge in [0.15, 0.2) is 0 Å². The van der Waals surface area contributed by atoms with Crippen molar-refractivity contribution < 1.29 is 24.2 Å². The summed E-state index contributed by atoms with van der Waals surface area (Å²) in [4.78, 5) is 23.6. The summed E-state index contributed by atoms with van der Waals surface area (Å²) in [5, 5.41) is 11.3. The lowest BCUT2D eigenvalue weighted by molar-refractivity contribution is -0.137. The van der Waals surface area contributed by atoms with Crippen molar-refractivity contribution in [2.75, 3.05) is 34.4 Å². The van der Waals surface area contributed by atoms with Crippen molar-refractivity contribution in [1.29, 1.82) is 0 Å². The molecule has 7 heteroatoms. The maximum atomic E-state index is 11.8. The van der Waals surface area contributed by atoms with Gasteiger partial charge in [0.05, 0.1) is 20.6 Å². The van der Waals surface area contributed by atoms with Crippen LogP contribution in [-0.2, 0) is 11.2 Å². The van der Waals surface area contributed by atoms with Crippen LogP contribution < -0.4 is 14.8 Å². The minimum absolute atomic E-state index is 0.0758. The first-order valence-corrected chi connectivity index (χ1v) is 6.89. The molecule has 0 heterocycles. The number of amides is 2. The summed E-state index contributed by atoms with van der Waals surface area (Å²) in [5.41, 5.74) is 0.926. The van der Waals surface area contributed by atoms with Gasteiger partial charge < -0.3 is 24.8 Å². The highest BCUT2D eigenvalue weighted by Crippen LogP contribution is 2.24. The fourth-order valence-corrected chi connectivity index (χ4v) is 1.88. The number of hydrogen-bond donors (Lipinski definition) is 2. The van der Waals surface area contributed by atoms with E-state index < -0.39 is 5.97 Å². The first-order valence-electron chi connectivity index (χ1n) is 6.89. The van der Waals surface area contributed by atoms with E-state index in [9.17, 15) is 9.59 Å². The Balaban J connectivity index is 2.49. The van der Waals surface area contributed by atoms with Gasteiger partial charge in [0.2, 0.25) is 0 Å². The van der Waals surface area contributed by atoms with E-state index in [1.165, 1.54) is 4.90 Å². The second-order valence-corrected chi connectivity index (χ2v) is 4.73. The molecule has 0 aliphatic rings. The second-order valence-electron chi connectivity index (χ2n) is 4.73. The third-order valence-electron chi connectivity index (χ3n) is 3.17. The maximum Gasteiger partial charge on any atom is 0.317 e. The van der Waals surface area contributed by atoms with Crippen LogP contribution in [0.3, 0.4) is 0 Å². The topological polar surface area (TPSA) is 88.1 Å². The zero-order chi connectivity index (χ0) is 16.5. The molecule has 1 aromatic carbocycles. The monoisotopic (exact) mass is 310 g/mol. The largest absolute Gasteiger partial charge is 0.497 e. The molecule has 1 rings (SSSR count). The number of aliphatic carboxylic acids is 1. The molecule has 0 aromatic heterocycles. The predicted molar refractivity (Wildman–Crippen MR) is 81.5 cm³/mol. The number of ether oxygens (including phenoxy) is 2. The lowest BCUT2D eigenvalue weighted by Crippen LogP contribution is -2.39. The fourth-order valence-electron chi connectivity index (χ4n) is 1.88. The Morgan fingerprint density at radius 2 is 2.00 bits per heavy atom. The molecule has 0 radical (unpaired) electrons. The van der Waals surface area contributed by atoms with Crippen molar-refractivity contribution in [3.05, 3.63) is 23.8 Å². The number of rotatable bonds is 8. The van der Waals surface area contributed by atoms with E-state index in [-0.39, 0.29) is 19.0 Å². The van der Waals surface area contributed by atoms with Gasteiger partial charge in [-0.2, -0.15) is 0 Å². The van der Waals surface area contributed by atoms with Gasteiger partial charge >= 0.3 is 12.0 Å². The Hall–Kier alpha value is -2.44. The van der Waals surface area contributed by atoms with E-state index in [2.05, 4.69) is 5.32 Å². The number of nitrogens with zero attached hydrogens (tertiary/aromatic N) is 1. The molecule has 0 bridgehead atoms. The molecule has 0 spiro atoms. The Bertz CT molecular complexity index is 519. The molecule has 0 aliphatic carbocycles. The fraction of sp³-hybridized carbons (Fsp3) is 0.467. The van der Waals surface area contributed by atoms with Crippen LogP contribution >= 0.6 is 0 Å². The van der Waals surface area contributed by atoms with Crippen LogP contribution in [0.15, 0.2) is 18.2 Å².